The van der Waals surface area contributed by atoms with Gasteiger partial charge in [-0.15, -0.1) is 0 Å². The van der Waals surface area contributed by atoms with Gasteiger partial charge < -0.3 is 14.8 Å². The number of benzene rings is 1. The highest BCUT2D eigenvalue weighted by molar-refractivity contribution is 6.01. The Morgan fingerprint density at radius 2 is 2.29 bits per heavy atom. The molecule has 0 radical (unpaired) electrons. The van der Waals surface area contributed by atoms with Crippen LogP contribution in [0.5, 0.6) is 0 Å². The van der Waals surface area contributed by atoms with Crippen LogP contribution in [0.25, 0.3) is 11.0 Å². The number of nitrogens with one attached hydrogen (secondary N) is 1. The third-order valence-corrected chi connectivity index (χ3v) is 3.07. The zero-order valence-corrected chi connectivity index (χ0v) is 9.27. The van der Waals surface area contributed by atoms with E-state index in [1.807, 2.05) is 6.07 Å². The Morgan fingerprint density at radius 1 is 1.47 bits per heavy atom. The fourth-order valence-electron chi connectivity index (χ4n) is 1.96. The zero-order valence-electron chi connectivity index (χ0n) is 9.27. The van der Waals surface area contributed by atoms with E-state index < -0.39 is 5.97 Å². The minimum atomic E-state index is -0.952. The average molecular weight is 231 g/mol. The number of para-hydroxylation sites is 1. The van der Waals surface area contributed by atoms with Crippen LogP contribution in [-0.2, 0) is 6.54 Å². The summed E-state index contributed by atoms with van der Waals surface area (Å²) in [6.45, 7) is 0.737. The van der Waals surface area contributed by atoms with Crippen LogP contribution in [0.3, 0.4) is 0 Å². The lowest BCUT2D eigenvalue weighted by atomic mass is 10.1. The number of hydrogen-bond acceptors (Lipinski definition) is 3. The van der Waals surface area contributed by atoms with Gasteiger partial charge in [0, 0.05) is 23.5 Å². The molecule has 1 saturated carbocycles. The van der Waals surface area contributed by atoms with Gasteiger partial charge in [0.05, 0.1) is 6.26 Å². The molecule has 1 aromatic heterocycles. The van der Waals surface area contributed by atoms with Gasteiger partial charge in [-0.05, 0) is 18.9 Å². The second-order valence-electron chi connectivity index (χ2n) is 4.40. The summed E-state index contributed by atoms with van der Waals surface area (Å²) < 4.78 is 5.37. The van der Waals surface area contributed by atoms with Gasteiger partial charge in [-0.1, -0.05) is 12.1 Å². The first-order valence-corrected chi connectivity index (χ1v) is 5.71. The molecule has 0 saturated heterocycles. The maximum absolute atomic E-state index is 11.0. The lowest BCUT2D eigenvalue weighted by Gasteiger charge is -2.00. The second-order valence-corrected chi connectivity index (χ2v) is 4.40. The molecule has 2 aromatic rings. The molecule has 4 nitrogen and oxygen atoms in total. The van der Waals surface area contributed by atoms with Crippen molar-refractivity contribution < 1.29 is 14.3 Å². The number of carbonyl (C=O) groups is 1. The van der Waals surface area contributed by atoms with E-state index in [9.17, 15) is 4.79 Å². The first-order chi connectivity index (χ1) is 8.25. The standard InChI is InChI=1S/C13H13NO3/c15-13(16)11-3-1-2-10-8(7-17-12(10)11)6-14-9-4-5-9/h1-3,7,9,14H,4-6H2,(H,15,16). The minimum Gasteiger partial charge on any atom is -0.478 e. The Hall–Kier alpha value is -1.81. The van der Waals surface area contributed by atoms with Crippen LogP contribution < -0.4 is 5.32 Å². The van der Waals surface area contributed by atoms with Gasteiger partial charge in [0.2, 0.25) is 0 Å². The number of carboxylic acids is 1. The summed E-state index contributed by atoms with van der Waals surface area (Å²) in [5, 5.41) is 13.3. The molecule has 4 heteroatoms. The predicted molar refractivity (Wildman–Crippen MR) is 63.0 cm³/mol. The molecule has 2 N–H and O–H groups in total. The summed E-state index contributed by atoms with van der Waals surface area (Å²) >= 11 is 0. The molecule has 1 aliphatic rings. The van der Waals surface area contributed by atoms with E-state index >= 15 is 0 Å². The summed E-state index contributed by atoms with van der Waals surface area (Å²) in [5.74, 6) is -0.952. The molecular formula is C13H13NO3. The zero-order chi connectivity index (χ0) is 11.8. The van der Waals surface area contributed by atoms with Gasteiger partial charge in [0.15, 0.2) is 0 Å². The number of furan rings is 1. The summed E-state index contributed by atoms with van der Waals surface area (Å²) in [6.07, 6.45) is 4.11. The van der Waals surface area contributed by atoms with Crippen molar-refractivity contribution in [1.82, 2.24) is 5.32 Å². The van der Waals surface area contributed by atoms with Gasteiger partial charge in [-0.3, -0.25) is 0 Å². The SMILES string of the molecule is O=C(O)c1cccc2c(CNC3CC3)coc12. The topological polar surface area (TPSA) is 62.5 Å². The third kappa shape index (κ3) is 1.91. The first kappa shape index (κ1) is 10.4. The highest BCUT2D eigenvalue weighted by atomic mass is 16.4. The molecule has 0 bridgehead atoms. The highest BCUT2D eigenvalue weighted by Crippen LogP contribution is 2.26. The summed E-state index contributed by atoms with van der Waals surface area (Å²) in [6, 6.07) is 5.84. The number of rotatable bonds is 4. The average Bonchev–Trinajstić information content (AvgIpc) is 3.06. The van der Waals surface area contributed by atoms with Crippen LogP contribution >= 0.6 is 0 Å². The molecule has 1 aliphatic carbocycles. The van der Waals surface area contributed by atoms with Crippen molar-refractivity contribution in [2.24, 2.45) is 0 Å². The smallest absolute Gasteiger partial charge is 0.339 e. The van der Waals surface area contributed by atoms with Crippen LogP contribution in [-0.4, -0.2) is 17.1 Å². The molecule has 0 amide bonds. The molecule has 17 heavy (non-hydrogen) atoms. The largest absolute Gasteiger partial charge is 0.478 e. The van der Waals surface area contributed by atoms with Crippen molar-refractivity contribution >= 4 is 16.9 Å². The number of hydrogen-bond donors (Lipinski definition) is 2. The van der Waals surface area contributed by atoms with Gasteiger partial charge in [-0.2, -0.15) is 0 Å². The van der Waals surface area contributed by atoms with Crippen molar-refractivity contribution in [3.05, 3.63) is 35.6 Å². The Balaban J connectivity index is 1.96. The Morgan fingerprint density at radius 3 is 3.00 bits per heavy atom. The molecule has 1 fully saturated rings. The molecule has 0 atom stereocenters. The normalized spacial score (nSPS) is 15.3. The fraction of sp³-hybridized carbons (Fsp3) is 0.308. The number of carboxylic acid groups (broad SMARTS) is 1. The summed E-state index contributed by atoms with van der Waals surface area (Å²) in [4.78, 5) is 11.0. The second kappa shape index (κ2) is 3.89. The van der Waals surface area contributed by atoms with Gasteiger partial charge >= 0.3 is 5.97 Å². The van der Waals surface area contributed by atoms with Crippen molar-refractivity contribution in [1.29, 1.82) is 0 Å². The number of fused-ring (bicyclic) bond motifs is 1. The first-order valence-electron chi connectivity index (χ1n) is 5.71. The highest BCUT2D eigenvalue weighted by Gasteiger charge is 2.21. The van der Waals surface area contributed by atoms with E-state index in [0.717, 1.165) is 17.5 Å². The third-order valence-electron chi connectivity index (χ3n) is 3.07. The molecule has 88 valence electrons. The Kier molecular flexibility index (Phi) is 2.37. The van der Waals surface area contributed by atoms with Crippen molar-refractivity contribution in [3.8, 4) is 0 Å². The predicted octanol–water partition coefficient (Wildman–Crippen LogP) is 2.38. The molecular weight excluding hydrogens is 218 g/mol. The summed E-state index contributed by atoms with van der Waals surface area (Å²) in [7, 11) is 0. The van der Waals surface area contributed by atoms with Crippen LogP contribution in [0, 0.1) is 0 Å². The molecule has 0 spiro atoms. The van der Waals surface area contributed by atoms with Crippen molar-refractivity contribution in [3.63, 3.8) is 0 Å². The Bertz CT molecular complexity index is 569. The minimum absolute atomic E-state index is 0.222. The molecule has 0 aliphatic heterocycles. The van der Waals surface area contributed by atoms with Crippen molar-refractivity contribution in [2.75, 3.05) is 0 Å². The fourth-order valence-corrected chi connectivity index (χ4v) is 1.96. The van der Waals surface area contributed by atoms with E-state index in [1.54, 1.807) is 18.4 Å². The lowest BCUT2D eigenvalue weighted by molar-refractivity contribution is 0.0698. The maximum atomic E-state index is 11.0. The molecule has 1 aromatic carbocycles. The van der Waals surface area contributed by atoms with E-state index in [0.29, 0.717) is 11.6 Å². The van der Waals surface area contributed by atoms with Gasteiger partial charge in [-0.25, -0.2) is 4.79 Å². The van der Waals surface area contributed by atoms with Gasteiger partial charge in [0.1, 0.15) is 11.1 Å². The van der Waals surface area contributed by atoms with Crippen LogP contribution in [0.1, 0.15) is 28.8 Å². The van der Waals surface area contributed by atoms with Crippen molar-refractivity contribution in [2.45, 2.75) is 25.4 Å². The van der Waals surface area contributed by atoms with Crippen LogP contribution in [0.2, 0.25) is 0 Å². The van der Waals surface area contributed by atoms with E-state index in [1.165, 1.54) is 12.8 Å². The van der Waals surface area contributed by atoms with Crippen LogP contribution in [0.4, 0.5) is 0 Å². The maximum Gasteiger partial charge on any atom is 0.339 e. The van der Waals surface area contributed by atoms with E-state index in [4.69, 9.17) is 9.52 Å². The quantitative estimate of drug-likeness (QED) is 0.848. The summed E-state index contributed by atoms with van der Waals surface area (Å²) in [5.41, 5.74) is 1.71. The lowest BCUT2D eigenvalue weighted by Crippen LogP contribution is -2.14. The number of aromatic carboxylic acids is 1. The van der Waals surface area contributed by atoms with E-state index in [2.05, 4.69) is 5.32 Å². The molecule has 3 rings (SSSR count). The van der Waals surface area contributed by atoms with E-state index in [-0.39, 0.29) is 5.56 Å². The molecule has 1 heterocycles. The van der Waals surface area contributed by atoms with Gasteiger partial charge in [0.25, 0.3) is 0 Å². The Labute approximate surface area is 98.2 Å². The van der Waals surface area contributed by atoms with Crippen LogP contribution in [0.15, 0.2) is 28.9 Å². The molecule has 0 unspecified atom stereocenters. The monoisotopic (exact) mass is 231 g/mol.